The third kappa shape index (κ3) is 3.98. The Hall–Kier alpha value is -2.00. The van der Waals surface area contributed by atoms with Crippen molar-refractivity contribution in [2.45, 2.75) is 44.3 Å². The summed E-state index contributed by atoms with van der Waals surface area (Å²) in [7, 11) is -4.08. The van der Waals surface area contributed by atoms with Crippen LogP contribution in [0.15, 0.2) is 23.1 Å². The zero-order valence-corrected chi connectivity index (χ0v) is 15.0. The second kappa shape index (κ2) is 7.49. The van der Waals surface area contributed by atoms with Crippen LogP contribution >= 0.6 is 0 Å². The molecule has 0 saturated carbocycles. The quantitative estimate of drug-likeness (QED) is 0.705. The van der Waals surface area contributed by atoms with Crippen molar-refractivity contribution in [1.82, 2.24) is 4.31 Å². The van der Waals surface area contributed by atoms with E-state index in [1.165, 1.54) is 0 Å². The van der Waals surface area contributed by atoms with E-state index in [1.54, 1.807) is 20.8 Å². The van der Waals surface area contributed by atoms with Crippen LogP contribution in [-0.2, 0) is 24.3 Å². The topological polar surface area (TPSA) is 90.0 Å². The molecule has 7 nitrogen and oxygen atoms in total. The summed E-state index contributed by atoms with van der Waals surface area (Å²) in [5.74, 6) is -2.52. The number of sulfonamides is 1. The molecule has 0 unspecified atom stereocenters. The Morgan fingerprint density at radius 1 is 1.36 bits per heavy atom. The SMILES string of the molecule is CCN(CC)S(=O)(=O)c1cc(C(=O)O[C@@H]2C[C@@H](C)OC2=O)ccc1F. The van der Waals surface area contributed by atoms with Gasteiger partial charge in [-0.2, -0.15) is 4.31 Å². The zero-order valence-electron chi connectivity index (χ0n) is 14.2. The van der Waals surface area contributed by atoms with Gasteiger partial charge in [0, 0.05) is 19.5 Å². The first kappa shape index (κ1) is 19.3. The van der Waals surface area contributed by atoms with Gasteiger partial charge in [-0.25, -0.2) is 22.4 Å². The first-order valence-electron chi connectivity index (χ1n) is 7.91. The standard InChI is InChI=1S/C16H20FNO6S/c1-4-18(5-2)25(21,22)14-9-11(6-7-12(14)17)15(19)24-13-8-10(3)23-16(13)20/h6-7,9-10,13H,4-5,8H2,1-3H3/t10-,13-/m1/s1. The molecule has 0 aromatic heterocycles. The minimum atomic E-state index is -4.08. The van der Waals surface area contributed by atoms with Gasteiger partial charge in [-0.15, -0.1) is 0 Å². The van der Waals surface area contributed by atoms with Crippen molar-refractivity contribution in [3.63, 3.8) is 0 Å². The molecule has 1 aromatic carbocycles. The van der Waals surface area contributed by atoms with Gasteiger partial charge in [0.15, 0.2) is 0 Å². The van der Waals surface area contributed by atoms with Crippen molar-refractivity contribution in [1.29, 1.82) is 0 Å². The lowest BCUT2D eigenvalue weighted by molar-refractivity contribution is -0.147. The second-order valence-corrected chi connectivity index (χ2v) is 7.52. The summed E-state index contributed by atoms with van der Waals surface area (Å²) in [5.41, 5.74) is -0.153. The van der Waals surface area contributed by atoms with Gasteiger partial charge in [0.2, 0.25) is 16.1 Å². The number of ether oxygens (including phenoxy) is 2. The number of nitrogens with zero attached hydrogens (tertiary/aromatic N) is 1. The van der Waals surface area contributed by atoms with Crippen molar-refractivity contribution < 1.29 is 31.9 Å². The highest BCUT2D eigenvalue weighted by molar-refractivity contribution is 7.89. The molecule has 1 aromatic rings. The number of halogens is 1. The van der Waals surface area contributed by atoms with E-state index < -0.39 is 38.8 Å². The molecule has 9 heteroatoms. The van der Waals surface area contributed by atoms with Crippen LogP contribution in [0, 0.1) is 5.82 Å². The molecule has 1 heterocycles. The van der Waals surface area contributed by atoms with Crippen LogP contribution in [-0.4, -0.2) is 50.0 Å². The largest absolute Gasteiger partial charge is 0.460 e. The number of rotatable bonds is 6. The molecule has 2 atom stereocenters. The van der Waals surface area contributed by atoms with E-state index in [0.29, 0.717) is 0 Å². The van der Waals surface area contributed by atoms with Crippen molar-refractivity contribution in [3.05, 3.63) is 29.6 Å². The van der Waals surface area contributed by atoms with Gasteiger partial charge in [-0.1, -0.05) is 13.8 Å². The Kier molecular flexibility index (Phi) is 5.79. The van der Waals surface area contributed by atoms with Crippen molar-refractivity contribution in [3.8, 4) is 0 Å². The molecular formula is C16H20FNO6S. The summed E-state index contributed by atoms with van der Waals surface area (Å²) in [5, 5.41) is 0. The Morgan fingerprint density at radius 3 is 2.52 bits per heavy atom. The van der Waals surface area contributed by atoms with Gasteiger partial charge in [-0.3, -0.25) is 0 Å². The molecule has 1 aliphatic rings. The van der Waals surface area contributed by atoms with Crippen LogP contribution in [0.3, 0.4) is 0 Å². The highest BCUT2D eigenvalue weighted by Crippen LogP contribution is 2.23. The van der Waals surface area contributed by atoms with Gasteiger partial charge < -0.3 is 9.47 Å². The van der Waals surface area contributed by atoms with Crippen LogP contribution in [0.5, 0.6) is 0 Å². The van der Waals surface area contributed by atoms with E-state index in [9.17, 15) is 22.4 Å². The van der Waals surface area contributed by atoms with Crippen LogP contribution in [0.2, 0.25) is 0 Å². The number of carbonyl (C=O) groups excluding carboxylic acids is 2. The molecular weight excluding hydrogens is 353 g/mol. The maximum atomic E-state index is 14.0. The number of carbonyl (C=O) groups is 2. The third-order valence-electron chi connectivity index (χ3n) is 3.87. The molecule has 1 aliphatic heterocycles. The van der Waals surface area contributed by atoms with E-state index in [0.717, 1.165) is 22.5 Å². The van der Waals surface area contributed by atoms with E-state index in [-0.39, 0.29) is 31.2 Å². The minimum Gasteiger partial charge on any atom is -0.460 e. The Labute approximate surface area is 145 Å². The van der Waals surface area contributed by atoms with Crippen LogP contribution in [0.25, 0.3) is 0 Å². The first-order valence-corrected chi connectivity index (χ1v) is 9.35. The fourth-order valence-corrected chi connectivity index (χ4v) is 4.09. The maximum Gasteiger partial charge on any atom is 0.347 e. The smallest absolute Gasteiger partial charge is 0.347 e. The highest BCUT2D eigenvalue weighted by Gasteiger charge is 2.35. The Balaban J connectivity index is 2.29. The summed E-state index contributed by atoms with van der Waals surface area (Å²) < 4.78 is 50.1. The van der Waals surface area contributed by atoms with E-state index in [4.69, 9.17) is 9.47 Å². The summed E-state index contributed by atoms with van der Waals surface area (Å²) in [6, 6.07) is 2.93. The van der Waals surface area contributed by atoms with Crippen LogP contribution < -0.4 is 0 Å². The molecule has 1 fully saturated rings. The third-order valence-corrected chi connectivity index (χ3v) is 5.93. The lowest BCUT2D eigenvalue weighted by Gasteiger charge is -2.19. The highest BCUT2D eigenvalue weighted by atomic mass is 32.2. The normalized spacial score (nSPS) is 20.6. The Bertz CT molecular complexity index is 775. The van der Waals surface area contributed by atoms with Crippen molar-refractivity contribution in [2.75, 3.05) is 13.1 Å². The predicted molar refractivity (Wildman–Crippen MR) is 85.9 cm³/mol. The van der Waals surface area contributed by atoms with E-state index >= 15 is 0 Å². The number of hydrogen-bond donors (Lipinski definition) is 0. The average molecular weight is 373 g/mol. The summed E-state index contributed by atoms with van der Waals surface area (Å²) in [6.07, 6.45) is -1.19. The fourth-order valence-electron chi connectivity index (χ4n) is 2.54. The summed E-state index contributed by atoms with van der Waals surface area (Å²) in [6.45, 7) is 5.25. The molecule has 138 valence electrons. The lowest BCUT2D eigenvalue weighted by Crippen LogP contribution is -2.31. The van der Waals surface area contributed by atoms with Crippen molar-refractivity contribution >= 4 is 22.0 Å². The molecule has 0 amide bonds. The number of cyclic esters (lactones) is 1. The van der Waals surface area contributed by atoms with Gasteiger partial charge in [0.1, 0.15) is 16.8 Å². The zero-order chi connectivity index (χ0) is 18.8. The molecule has 25 heavy (non-hydrogen) atoms. The molecule has 1 saturated heterocycles. The average Bonchev–Trinajstić information content (AvgIpc) is 2.85. The van der Waals surface area contributed by atoms with E-state index in [2.05, 4.69) is 0 Å². The number of esters is 2. The monoisotopic (exact) mass is 373 g/mol. The Morgan fingerprint density at radius 2 is 2.00 bits per heavy atom. The second-order valence-electron chi connectivity index (χ2n) is 5.61. The predicted octanol–water partition coefficient (Wildman–Crippen LogP) is 1.72. The molecule has 0 spiro atoms. The number of benzene rings is 1. The van der Waals surface area contributed by atoms with Crippen LogP contribution in [0.4, 0.5) is 4.39 Å². The fraction of sp³-hybridized carbons (Fsp3) is 0.500. The first-order chi connectivity index (χ1) is 11.7. The lowest BCUT2D eigenvalue weighted by atomic mass is 10.2. The van der Waals surface area contributed by atoms with Crippen LogP contribution in [0.1, 0.15) is 37.6 Å². The molecule has 2 rings (SSSR count). The van der Waals surface area contributed by atoms with Crippen molar-refractivity contribution in [2.24, 2.45) is 0 Å². The van der Waals surface area contributed by atoms with E-state index in [1.807, 2.05) is 0 Å². The molecule has 0 N–H and O–H groups in total. The summed E-state index contributed by atoms with van der Waals surface area (Å²) in [4.78, 5) is 23.1. The van der Waals surface area contributed by atoms with Gasteiger partial charge in [0.05, 0.1) is 5.56 Å². The number of hydrogen-bond acceptors (Lipinski definition) is 6. The van der Waals surface area contributed by atoms with Gasteiger partial charge >= 0.3 is 11.9 Å². The molecule has 0 radical (unpaired) electrons. The summed E-state index contributed by atoms with van der Waals surface area (Å²) >= 11 is 0. The molecule has 0 aliphatic carbocycles. The molecule has 0 bridgehead atoms. The maximum absolute atomic E-state index is 14.0. The minimum absolute atomic E-state index is 0.153. The van der Waals surface area contributed by atoms with Gasteiger partial charge in [0.25, 0.3) is 0 Å². The van der Waals surface area contributed by atoms with Gasteiger partial charge in [-0.05, 0) is 25.1 Å².